The highest BCUT2D eigenvalue weighted by molar-refractivity contribution is 7.18. The summed E-state index contributed by atoms with van der Waals surface area (Å²) < 4.78 is 15.9. The van der Waals surface area contributed by atoms with Crippen LogP contribution in [0, 0.1) is 10.1 Å². The molecule has 0 spiro atoms. The number of nitro groups is 1. The Morgan fingerprint density at radius 3 is 2.50 bits per heavy atom. The predicted molar refractivity (Wildman–Crippen MR) is 131 cm³/mol. The molecule has 4 rings (SSSR count). The molecular formula is C23H23N5O7S. The van der Waals surface area contributed by atoms with Gasteiger partial charge in [-0.05, 0) is 43.9 Å². The van der Waals surface area contributed by atoms with Crippen molar-refractivity contribution in [3.8, 4) is 21.3 Å². The first-order valence-corrected chi connectivity index (χ1v) is 11.6. The van der Waals surface area contributed by atoms with Crippen molar-refractivity contribution in [2.75, 3.05) is 32.6 Å². The molecule has 3 aromatic rings. The molecule has 1 aliphatic rings. The maximum absolute atomic E-state index is 13.4. The highest BCUT2D eigenvalue weighted by Gasteiger charge is 2.28. The van der Waals surface area contributed by atoms with E-state index in [1.807, 2.05) is 19.0 Å². The fourth-order valence-electron chi connectivity index (χ4n) is 3.45. The van der Waals surface area contributed by atoms with Crippen molar-refractivity contribution in [3.05, 3.63) is 63.8 Å². The zero-order chi connectivity index (χ0) is 25.8. The number of pyridine rings is 1. The number of nitro benzene ring substituents is 1. The van der Waals surface area contributed by atoms with Crippen LogP contribution in [0.2, 0.25) is 0 Å². The number of carbonyl (C=O) groups excluding carboxylic acids is 2. The Morgan fingerprint density at radius 2 is 1.97 bits per heavy atom. The Balaban J connectivity index is 1.67. The van der Waals surface area contributed by atoms with E-state index in [1.165, 1.54) is 18.3 Å². The van der Waals surface area contributed by atoms with Crippen molar-refractivity contribution >= 4 is 34.8 Å². The summed E-state index contributed by atoms with van der Waals surface area (Å²) in [6.07, 6.45) is 0.403. The van der Waals surface area contributed by atoms with E-state index in [4.69, 9.17) is 19.9 Å². The number of anilines is 1. The lowest BCUT2D eigenvalue weighted by Crippen LogP contribution is -2.38. The number of hydrogen-bond acceptors (Lipinski definition) is 10. The van der Waals surface area contributed by atoms with Crippen LogP contribution in [0.25, 0.3) is 10.4 Å². The molecule has 13 heteroatoms. The number of rotatable bonds is 9. The Hall–Kier alpha value is -4.07. The normalized spacial score (nSPS) is 13.2. The third-order valence-corrected chi connectivity index (χ3v) is 6.26. The van der Waals surface area contributed by atoms with E-state index < -0.39 is 16.9 Å². The minimum Gasteiger partial charge on any atom is -0.484 e. The number of aromatic nitrogens is 1. The van der Waals surface area contributed by atoms with Gasteiger partial charge >= 0.3 is 6.09 Å². The molecule has 0 unspecified atom stereocenters. The van der Waals surface area contributed by atoms with Crippen LogP contribution in [0.1, 0.15) is 15.9 Å². The van der Waals surface area contributed by atoms with Crippen LogP contribution in [-0.2, 0) is 11.3 Å². The Labute approximate surface area is 209 Å². The molecule has 3 N–H and O–H groups in total. The summed E-state index contributed by atoms with van der Waals surface area (Å²) in [5, 5.41) is 13.8. The van der Waals surface area contributed by atoms with E-state index in [0.717, 1.165) is 11.3 Å². The lowest BCUT2D eigenvalue weighted by Gasteiger charge is -2.26. The van der Waals surface area contributed by atoms with E-state index >= 15 is 0 Å². The Bertz CT molecular complexity index is 1270. The summed E-state index contributed by atoms with van der Waals surface area (Å²) in [6, 6.07) is 9.16. The van der Waals surface area contributed by atoms with Crippen molar-refractivity contribution in [2.24, 2.45) is 5.73 Å². The van der Waals surface area contributed by atoms with Gasteiger partial charge in [-0.15, -0.1) is 0 Å². The molecule has 36 heavy (non-hydrogen) atoms. The zero-order valence-electron chi connectivity index (χ0n) is 19.4. The number of primary amides is 1. The molecule has 0 radical (unpaired) electrons. The van der Waals surface area contributed by atoms with Crippen LogP contribution in [0.15, 0.2) is 42.6 Å². The number of nitrogens with two attached hydrogens (primary N) is 1. The van der Waals surface area contributed by atoms with Crippen molar-refractivity contribution in [3.63, 3.8) is 0 Å². The second kappa shape index (κ2) is 10.7. The van der Waals surface area contributed by atoms with Crippen LogP contribution in [-0.4, -0.2) is 60.2 Å². The molecule has 188 valence electrons. The first kappa shape index (κ1) is 25.0. The molecular weight excluding hydrogens is 490 g/mol. The number of hydrogen-bond donors (Lipinski definition) is 2. The largest absolute Gasteiger partial charge is 0.484 e. The maximum Gasteiger partial charge on any atom is 0.410 e. The maximum atomic E-state index is 13.4. The highest BCUT2D eigenvalue weighted by Crippen LogP contribution is 2.43. The quantitative estimate of drug-likeness (QED) is 0.323. The number of non-ortho nitro benzene ring substituents is 1. The topological polar surface area (TPSA) is 159 Å². The molecule has 3 heterocycles. The summed E-state index contributed by atoms with van der Waals surface area (Å²) in [7, 11) is 3.64. The number of benzene rings is 1. The van der Waals surface area contributed by atoms with Gasteiger partial charge in [-0.25, -0.2) is 9.78 Å². The third kappa shape index (κ3) is 5.76. The number of amides is 2. The van der Waals surface area contributed by atoms with Crippen molar-refractivity contribution in [1.82, 2.24) is 9.88 Å². The molecule has 0 saturated carbocycles. The van der Waals surface area contributed by atoms with Gasteiger partial charge in [-0.1, -0.05) is 11.3 Å². The van der Waals surface area contributed by atoms with Gasteiger partial charge in [-0.2, -0.15) is 0 Å². The molecule has 0 aliphatic carbocycles. The van der Waals surface area contributed by atoms with Gasteiger partial charge < -0.3 is 30.2 Å². The van der Waals surface area contributed by atoms with E-state index in [9.17, 15) is 19.7 Å². The molecule has 2 aromatic heterocycles. The van der Waals surface area contributed by atoms with Gasteiger partial charge in [0.15, 0.2) is 5.06 Å². The fraction of sp³-hybridized carbons (Fsp3) is 0.261. The monoisotopic (exact) mass is 513 g/mol. The zero-order valence-corrected chi connectivity index (χ0v) is 20.2. The van der Waals surface area contributed by atoms with E-state index in [2.05, 4.69) is 10.3 Å². The molecule has 1 aliphatic heterocycles. The van der Waals surface area contributed by atoms with E-state index in [-0.39, 0.29) is 28.2 Å². The van der Waals surface area contributed by atoms with Crippen molar-refractivity contribution in [2.45, 2.75) is 12.6 Å². The SMILES string of the molecule is CN(C)Cc1c(-c2ccc([N+](=O)[O-])cc2)sc(OC(N)=O)c1C(=O)Nc1ccc(OC2COC2)cn1. The minimum absolute atomic E-state index is 0.00939. The number of ether oxygens (including phenoxy) is 3. The predicted octanol–water partition coefficient (Wildman–Crippen LogP) is 3.27. The average Bonchev–Trinajstić information content (AvgIpc) is 3.13. The third-order valence-electron chi connectivity index (χ3n) is 5.10. The van der Waals surface area contributed by atoms with Crippen LogP contribution < -0.4 is 20.5 Å². The summed E-state index contributed by atoms with van der Waals surface area (Å²) in [5.41, 5.74) is 6.50. The first-order chi connectivity index (χ1) is 17.2. The van der Waals surface area contributed by atoms with Crippen LogP contribution in [0.5, 0.6) is 10.8 Å². The van der Waals surface area contributed by atoms with Gasteiger partial charge in [0.1, 0.15) is 17.7 Å². The number of thiophene rings is 1. The van der Waals surface area contributed by atoms with Crippen LogP contribution >= 0.6 is 11.3 Å². The van der Waals surface area contributed by atoms with Gasteiger partial charge in [0.2, 0.25) is 0 Å². The van der Waals surface area contributed by atoms with Gasteiger partial charge in [0.05, 0.1) is 29.9 Å². The fourth-order valence-corrected chi connectivity index (χ4v) is 4.62. The van der Waals surface area contributed by atoms with E-state index in [1.54, 1.807) is 24.3 Å². The van der Waals surface area contributed by atoms with Crippen LogP contribution in [0.3, 0.4) is 0 Å². The van der Waals surface area contributed by atoms with Gasteiger partial charge in [0.25, 0.3) is 11.6 Å². The highest BCUT2D eigenvalue weighted by atomic mass is 32.1. The molecule has 1 saturated heterocycles. The molecule has 1 fully saturated rings. The van der Waals surface area contributed by atoms with E-state index in [0.29, 0.717) is 41.5 Å². The summed E-state index contributed by atoms with van der Waals surface area (Å²) >= 11 is 1.05. The average molecular weight is 514 g/mol. The smallest absolute Gasteiger partial charge is 0.410 e. The molecule has 1 aromatic carbocycles. The first-order valence-electron chi connectivity index (χ1n) is 10.8. The summed E-state index contributed by atoms with van der Waals surface area (Å²) in [6.45, 7) is 1.35. The number of nitrogens with one attached hydrogen (secondary N) is 1. The lowest BCUT2D eigenvalue weighted by atomic mass is 10.0. The molecule has 0 atom stereocenters. The Morgan fingerprint density at radius 1 is 1.25 bits per heavy atom. The summed E-state index contributed by atoms with van der Waals surface area (Å²) in [4.78, 5) is 42.2. The molecule has 2 amide bonds. The molecule has 12 nitrogen and oxygen atoms in total. The second-order valence-electron chi connectivity index (χ2n) is 8.15. The number of nitrogens with zero attached hydrogens (tertiary/aromatic N) is 3. The standard InChI is InChI=1S/C23H23N5O7S/c1-27(2)10-17-19(21(29)26-18-8-7-15(9-25-18)34-16-11-33-12-16)22(35-23(24)30)36-20(17)13-3-5-14(6-4-13)28(31)32/h3-9,16H,10-12H2,1-2H3,(H2,24,30)(H,25,26,29). The molecule has 0 bridgehead atoms. The van der Waals surface area contributed by atoms with Gasteiger partial charge in [0, 0.05) is 29.1 Å². The summed E-state index contributed by atoms with van der Waals surface area (Å²) in [5.74, 6) is 0.255. The minimum atomic E-state index is -1.07. The van der Waals surface area contributed by atoms with Crippen molar-refractivity contribution < 1.29 is 28.7 Å². The van der Waals surface area contributed by atoms with Crippen LogP contribution in [0.4, 0.5) is 16.3 Å². The second-order valence-corrected chi connectivity index (χ2v) is 9.13. The Kier molecular flexibility index (Phi) is 7.43. The lowest BCUT2D eigenvalue weighted by molar-refractivity contribution is -0.384. The number of carbonyl (C=O) groups is 2. The van der Waals surface area contributed by atoms with Gasteiger partial charge in [-0.3, -0.25) is 14.9 Å². The van der Waals surface area contributed by atoms with Crippen molar-refractivity contribution in [1.29, 1.82) is 0 Å².